The van der Waals surface area contributed by atoms with Crippen molar-refractivity contribution in [1.29, 1.82) is 0 Å². The quantitative estimate of drug-likeness (QED) is 0.437. The Kier molecular flexibility index (Phi) is 7.02. The number of rotatable bonds is 5. The van der Waals surface area contributed by atoms with Gasteiger partial charge in [0.2, 0.25) is 5.88 Å². The molecule has 4 rings (SSSR count). The third-order valence-electron chi connectivity index (χ3n) is 8.92. The van der Waals surface area contributed by atoms with Crippen molar-refractivity contribution in [2.75, 3.05) is 5.75 Å². The Bertz CT molecular complexity index is 1040. The van der Waals surface area contributed by atoms with E-state index in [1.807, 2.05) is 20.8 Å². The number of carbonyl (C=O) groups is 2. The van der Waals surface area contributed by atoms with Gasteiger partial charge in [-0.2, -0.15) is 5.10 Å². The second-order valence-corrected chi connectivity index (χ2v) is 13.9. The molecule has 1 aliphatic heterocycles. The molecule has 8 heteroatoms. The Hall–Kier alpha value is -1.70. The van der Waals surface area contributed by atoms with Gasteiger partial charge in [-0.25, -0.2) is 13.1 Å². The van der Waals surface area contributed by atoms with Gasteiger partial charge < -0.3 is 4.74 Å². The predicted octanol–water partition coefficient (Wildman–Crippen LogP) is 4.69. The summed E-state index contributed by atoms with van der Waals surface area (Å²) in [6.45, 7) is 10.7. The van der Waals surface area contributed by atoms with Crippen LogP contribution in [-0.4, -0.2) is 41.0 Å². The molecule has 1 aromatic rings. The summed E-state index contributed by atoms with van der Waals surface area (Å²) in [7, 11) is -3.18. The van der Waals surface area contributed by atoms with E-state index in [1.165, 1.54) is 6.20 Å². The number of hydrogen-bond donors (Lipinski definition) is 0. The maximum atomic E-state index is 13.9. The van der Waals surface area contributed by atoms with E-state index in [2.05, 4.69) is 18.9 Å². The molecular formula is C26H40N2O5S. The Morgan fingerprint density at radius 2 is 1.85 bits per heavy atom. The van der Waals surface area contributed by atoms with E-state index < -0.39 is 15.1 Å². The number of fused-ring (bicyclic) bond motifs is 1. The zero-order chi connectivity index (χ0) is 24.8. The van der Waals surface area contributed by atoms with Gasteiger partial charge in [0.1, 0.15) is 5.56 Å². The van der Waals surface area contributed by atoms with Gasteiger partial charge in [0.05, 0.1) is 23.1 Å². The number of Topliss-reactive ketones (excluding diaryl/α,β-unsaturated/α-hetero) is 1. The van der Waals surface area contributed by atoms with Crippen LogP contribution in [0.5, 0.6) is 5.88 Å². The lowest BCUT2D eigenvalue weighted by Crippen LogP contribution is -2.57. The van der Waals surface area contributed by atoms with Crippen molar-refractivity contribution in [3.8, 4) is 5.88 Å². The van der Waals surface area contributed by atoms with E-state index >= 15 is 0 Å². The normalized spacial score (nSPS) is 33.1. The number of ketones is 1. The third-order valence-corrected chi connectivity index (χ3v) is 11.3. The number of aryl methyl sites for hydroxylation is 1. The number of nitrogens with zero attached hydrogens (tertiary/aromatic N) is 2. The van der Waals surface area contributed by atoms with E-state index in [0.717, 1.165) is 32.1 Å². The van der Waals surface area contributed by atoms with Crippen molar-refractivity contribution in [2.24, 2.45) is 35.0 Å². The molecule has 5 unspecified atom stereocenters. The van der Waals surface area contributed by atoms with Crippen LogP contribution in [0.2, 0.25) is 0 Å². The minimum atomic E-state index is -3.18. The molecule has 0 spiro atoms. The molecule has 7 nitrogen and oxygen atoms in total. The molecule has 0 radical (unpaired) electrons. The molecule has 3 fully saturated rings. The van der Waals surface area contributed by atoms with Crippen LogP contribution >= 0.6 is 0 Å². The first-order valence-electron chi connectivity index (χ1n) is 13.0. The monoisotopic (exact) mass is 492 g/mol. The van der Waals surface area contributed by atoms with E-state index in [1.54, 1.807) is 4.68 Å². The molecule has 34 heavy (non-hydrogen) atoms. The molecule has 0 N–H and O–H groups in total. The summed E-state index contributed by atoms with van der Waals surface area (Å²) >= 11 is 0. The van der Waals surface area contributed by atoms with Gasteiger partial charge >= 0.3 is 5.97 Å². The van der Waals surface area contributed by atoms with Crippen LogP contribution < -0.4 is 4.74 Å². The van der Waals surface area contributed by atoms with Crippen LogP contribution in [0.1, 0.15) is 89.9 Å². The Morgan fingerprint density at radius 3 is 2.50 bits per heavy atom. The summed E-state index contributed by atoms with van der Waals surface area (Å²) in [6, 6.07) is 0. The van der Waals surface area contributed by atoms with Crippen molar-refractivity contribution in [1.82, 2.24) is 9.78 Å². The fraction of sp³-hybridized carbons (Fsp3) is 0.808. The lowest BCUT2D eigenvalue weighted by molar-refractivity contribution is -0.140. The number of sulfone groups is 1. The van der Waals surface area contributed by atoms with Crippen molar-refractivity contribution >= 4 is 21.6 Å². The highest BCUT2D eigenvalue weighted by atomic mass is 32.2. The first-order chi connectivity index (χ1) is 16.0. The highest BCUT2D eigenvalue weighted by Crippen LogP contribution is 2.54. The Balaban J connectivity index is 1.63. The number of ether oxygens (including phenoxy) is 1. The molecule has 0 aromatic carbocycles. The number of aromatic nitrogens is 2. The maximum absolute atomic E-state index is 13.9. The largest absolute Gasteiger partial charge is 0.407 e. The van der Waals surface area contributed by atoms with Gasteiger partial charge in [-0.3, -0.25) is 9.59 Å². The van der Waals surface area contributed by atoms with Gasteiger partial charge in [-0.1, -0.05) is 47.0 Å². The van der Waals surface area contributed by atoms with Gasteiger partial charge in [0.25, 0.3) is 0 Å². The van der Waals surface area contributed by atoms with E-state index in [9.17, 15) is 18.0 Å². The van der Waals surface area contributed by atoms with Crippen LogP contribution in [-0.2, 0) is 21.2 Å². The highest BCUT2D eigenvalue weighted by Gasteiger charge is 2.56. The van der Waals surface area contributed by atoms with Crippen molar-refractivity contribution in [3.63, 3.8) is 0 Å². The maximum Gasteiger partial charge on any atom is 0.315 e. The van der Waals surface area contributed by atoms with Gasteiger partial charge in [-0.05, 0) is 55.8 Å². The molecule has 1 saturated heterocycles. The molecule has 3 aliphatic rings. The van der Waals surface area contributed by atoms with Crippen LogP contribution in [0, 0.1) is 35.0 Å². The molecule has 5 atom stereocenters. The van der Waals surface area contributed by atoms with E-state index in [-0.39, 0.29) is 58.4 Å². The van der Waals surface area contributed by atoms with Crippen LogP contribution in [0.3, 0.4) is 0 Å². The molecule has 0 amide bonds. The first kappa shape index (κ1) is 25.4. The Labute approximate surface area is 203 Å². The predicted molar refractivity (Wildman–Crippen MR) is 130 cm³/mol. The summed E-state index contributed by atoms with van der Waals surface area (Å²) in [4.78, 5) is 26.8. The lowest BCUT2D eigenvalue weighted by Gasteiger charge is -2.53. The van der Waals surface area contributed by atoms with Crippen molar-refractivity contribution in [2.45, 2.75) is 91.4 Å². The van der Waals surface area contributed by atoms with Crippen molar-refractivity contribution < 1.29 is 22.7 Å². The number of esters is 1. The van der Waals surface area contributed by atoms with E-state index in [4.69, 9.17) is 4.74 Å². The average molecular weight is 493 g/mol. The molecule has 1 aromatic heterocycles. The van der Waals surface area contributed by atoms with Gasteiger partial charge in [-0.15, -0.1) is 0 Å². The zero-order valence-electron chi connectivity index (χ0n) is 21.2. The van der Waals surface area contributed by atoms with Gasteiger partial charge in [0.15, 0.2) is 15.6 Å². The summed E-state index contributed by atoms with van der Waals surface area (Å²) in [5.41, 5.74) is 0.192. The van der Waals surface area contributed by atoms with Crippen molar-refractivity contribution in [3.05, 3.63) is 11.8 Å². The molecule has 190 valence electrons. The third kappa shape index (κ3) is 4.47. The van der Waals surface area contributed by atoms with E-state index in [0.29, 0.717) is 24.9 Å². The second kappa shape index (κ2) is 9.40. The second-order valence-electron chi connectivity index (χ2n) is 11.6. The van der Waals surface area contributed by atoms with Crippen LogP contribution in [0.4, 0.5) is 0 Å². The summed E-state index contributed by atoms with van der Waals surface area (Å²) in [5, 5.41) is 3.94. The Morgan fingerprint density at radius 1 is 1.18 bits per heavy atom. The zero-order valence-corrected chi connectivity index (χ0v) is 22.1. The topological polar surface area (TPSA) is 95.3 Å². The summed E-state index contributed by atoms with van der Waals surface area (Å²) in [5.74, 6) is -0.610. The summed E-state index contributed by atoms with van der Waals surface area (Å²) < 4.78 is 33.5. The average Bonchev–Trinajstić information content (AvgIpc) is 3.20. The number of hydrogen-bond acceptors (Lipinski definition) is 6. The molecule has 2 heterocycles. The highest BCUT2D eigenvalue weighted by molar-refractivity contribution is 7.92. The van der Waals surface area contributed by atoms with Gasteiger partial charge in [0, 0.05) is 12.5 Å². The standard InChI is InChI=1S/C26H40N2O5S/c1-6-28-24(33-25(30)18-10-8-7-9-11-18)20(15-27-28)22(29)19-14-16(2)23-21(17(19)3)26(4,5)12-13-34(23,31)32/h15-19,21,23H,6-14H2,1-5H3. The SMILES string of the molecule is CCn1ncc(C(=O)C2CC(C)C3C(C2C)C(C)(C)CCS3(=O)=O)c1OC(=O)C1CCCCC1. The smallest absolute Gasteiger partial charge is 0.315 e. The lowest BCUT2D eigenvalue weighted by atomic mass is 9.57. The molecule has 0 bridgehead atoms. The minimum absolute atomic E-state index is 0.0808. The minimum Gasteiger partial charge on any atom is -0.407 e. The number of carbonyl (C=O) groups excluding carboxylic acids is 2. The van der Waals surface area contributed by atoms with Crippen LogP contribution in [0.15, 0.2) is 6.20 Å². The van der Waals surface area contributed by atoms with Crippen LogP contribution in [0.25, 0.3) is 0 Å². The summed E-state index contributed by atoms with van der Waals surface area (Å²) in [6.07, 6.45) is 7.51. The fourth-order valence-electron chi connectivity index (χ4n) is 7.03. The molecule has 2 saturated carbocycles. The molecule has 2 aliphatic carbocycles. The molecular weight excluding hydrogens is 452 g/mol. The fourth-order valence-corrected chi connectivity index (χ4v) is 10.00. The first-order valence-corrected chi connectivity index (χ1v) is 14.7.